The van der Waals surface area contributed by atoms with Gasteiger partial charge >= 0.3 is 12.1 Å². The number of aliphatic carboxylic acids is 1. The fraction of sp³-hybridized carbons (Fsp3) is 0.882. The van der Waals surface area contributed by atoms with Crippen molar-refractivity contribution in [1.29, 1.82) is 0 Å². The highest BCUT2D eigenvalue weighted by Gasteiger charge is 2.56. The second-order valence-electron chi connectivity index (χ2n) is 8.70. The molecular formula is C17H27NO4. The van der Waals surface area contributed by atoms with Gasteiger partial charge in [0.15, 0.2) is 0 Å². The standard InChI is InChI=1S/C17H27NO4/c1-16(2,3)22-15(21)18-13(14(19)20)17-7-10-4-11(8-17)6-12(5-10)9-17/h10-13H,4-9H2,1-3H3,(H,18,21)(H,19,20)/t10?,11?,12?,13-,17?/m0/s1. The van der Waals surface area contributed by atoms with Crippen LogP contribution in [0.3, 0.4) is 0 Å². The molecule has 4 fully saturated rings. The molecule has 5 nitrogen and oxygen atoms in total. The van der Waals surface area contributed by atoms with Gasteiger partial charge < -0.3 is 15.2 Å². The number of nitrogens with one attached hydrogen (secondary N) is 1. The van der Waals surface area contributed by atoms with Crippen molar-refractivity contribution in [3.63, 3.8) is 0 Å². The van der Waals surface area contributed by atoms with Crippen molar-refractivity contribution in [1.82, 2.24) is 5.32 Å². The third-order valence-electron chi connectivity index (χ3n) is 5.61. The predicted octanol–water partition coefficient (Wildman–Crippen LogP) is 3.18. The van der Waals surface area contributed by atoms with Gasteiger partial charge in [0.25, 0.3) is 0 Å². The molecule has 1 atom stereocenters. The van der Waals surface area contributed by atoms with E-state index in [1.807, 2.05) is 0 Å². The maximum atomic E-state index is 12.1. The molecule has 0 aromatic heterocycles. The minimum absolute atomic E-state index is 0.266. The molecule has 4 aliphatic carbocycles. The van der Waals surface area contributed by atoms with E-state index in [0.717, 1.165) is 19.3 Å². The van der Waals surface area contributed by atoms with Gasteiger partial charge in [0, 0.05) is 5.41 Å². The van der Waals surface area contributed by atoms with E-state index in [0.29, 0.717) is 17.8 Å². The summed E-state index contributed by atoms with van der Waals surface area (Å²) in [5, 5.41) is 12.4. The molecule has 124 valence electrons. The molecule has 0 spiro atoms. The smallest absolute Gasteiger partial charge is 0.408 e. The number of rotatable bonds is 3. The van der Waals surface area contributed by atoms with Crippen LogP contribution in [0, 0.1) is 23.2 Å². The molecule has 4 saturated carbocycles. The van der Waals surface area contributed by atoms with Crippen LogP contribution in [0.5, 0.6) is 0 Å². The van der Waals surface area contributed by atoms with E-state index in [1.54, 1.807) is 20.8 Å². The lowest BCUT2D eigenvalue weighted by Gasteiger charge is -2.58. The highest BCUT2D eigenvalue weighted by atomic mass is 16.6. The second kappa shape index (κ2) is 5.14. The highest BCUT2D eigenvalue weighted by molar-refractivity contribution is 5.81. The Kier molecular flexibility index (Phi) is 3.65. The zero-order valence-electron chi connectivity index (χ0n) is 13.7. The minimum atomic E-state index is -0.923. The molecule has 4 bridgehead atoms. The molecule has 0 unspecified atom stereocenters. The van der Waals surface area contributed by atoms with E-state index < -0.39 is 23.7 Å². The Morgan fingerprint density at radius 1 is 1.09 bits per heavy atom. The molecule has 0 heterocycles. The third kappa shape index (κ3) is 2.95. The number of hydrogen-bond acceptors (Lipinski definition) is 3. The number of carboxylic acids is 1. The molecule has 0 radical (unpaired) electrons. The van der Waals surface area contributed by atoms with Gasteiger partial charge in [-0.15, -0.1) is 0 Å². The lowest BCUT2D eigenvalue weighted by molar-refractivity contribution is -0.151. The van der Waals surface area contributed by atoms with Crippen molar-refractivity contribution >= 4 is 12.1 Å². The molecule has 5 heteroatoms. The van der Waals surface area contributed by atoms with Crippen LogP contribution < -0.4 is 5.32 Å². The number of carboxylic acid groups (broad SMARTS) is 1. The normalized spacial score (nSPS) is 37.7. The molecule has 22 heavy (non-hydrogen) atoms. The van der Waals surface area contributed by atoms with Crippen molar-refractivity contribution in [2.75, 3.05) is 0 Å². The third-order valence-corrected chi connectivity index (χ3v) is 5.61. The van der Waals surface area contributed by atoms with Crippen molar-refractivity contribution < 1.29 is 19.4 Å². The summed E-state index contributed by atoms with van der Waals surface area (Å²) in [5.41, 5.74) is -0.883. The van der Waals surface area contributed by atoms with Crippen molar-refractivity contribution in [2.24, 2.45) is 23.2 Å². The predicted molar refractivity (Wildman–Crippen MR) is 81.4 cm³/mol. The topological polar surface area (TPSA) is 75.6 Å². The van der Waals surface area contributed by atoms with E-state index >= 15 is 0 Å². The number of alkyl carbamates (subject to hydrolysis) is 1. The molecule has 0 aromatic carbocycles. The maximum Gasteiger partial charge on any atom is 0.408 e. The van der Waals surface area contributed by atoms with Gasteiger partial charge in [0.2, 0.25) is 0 Å². The number of hydrogen-bond donors (Lipinski definition) is 2. The summed E-state index contributed by atoms with van der Waals surface area (Å²) in [7, 11) is 0. The number of amides is 1. The molecule has 1 amide bonds. The molecule has 0 aliphatic heterocycles. The van der Waals surface area contributed by atoms with Crippen LogP contribution in [-0.2, 0) is 9.53 Å². The van der Waals surface area contributed by atoms with E-state index in [9.17, 15) is 14.7 Å². The largest absolute Gasteiger partial charge is 0.480 e. The van der Waals surface area contributed by atoms with E-state index in [4.69, 9.17) is 4.74 Å². The monoisotopic (exact) mass is 309 g/mol. The Bertz CT molecular complexity index is 444. The Morgan fingerprint density at radius 3 is 1.91 bits per heavy atom. The van der Waals surface area contributed by atoms with Gasteiger partial charge in [-0.2, -0.15) is 0 Å². The molecule has 2 N–H and O–H groups in total. The van der Waals surface area contributed by atoms with E-state index in [1.165, 1.54) is 19.3 Å². The lowest BCUT2D eigenvalue weighted by atomic mass is 9.47. The second-order valence-corrected chi connectivity index (χ2v) is 8.70. The summed E-state index contributed by atoms with van der Waals surface area (Å²) < 4.78 is 5.27. The van der Waals surface area contributed by atoms with Crippen LogP contribution in [0.2, 0.25) is 0 Å². The van der Waals surface area contributed by atoms with Crippen molar-refractivity contribution in [2.45, 2.75) is 70.9 Å². The molecule has 0 saturated heterocycles. The van der Waals surface area contributed by atoms with Crippen molar-refractivity contribution in [3.8, 4) is 0 Å². The fourth-order valence-corrected chi connectivity index (χ4v) is 5.43. The molecule has 0 aromatic rings. The Hall–Kier alpha value is -1.26. The number of ether oxygens (including phenoxy) is 1. The summed E-state index contributed by atoms with van der Waals surface area (Å²) in [6.45, 7) is 5.35. The van der Waals surface area contributed by atoms with Gasteiger partial charge in [0.1, 0.15) is 11.6 Å². The van der Waals surface area contributed by atoms with Crippen LogP contribution in [0.4, 0.5) is 4.79 Å². The van der Waals surface area contributed by atoms with E-state index in [-0.39, 0.29) is 5.41 Å². The fourth-order valence-electron chi connectivity index (χ4n) is 5.43. The van der Waals surface area contributed by atoms with Crippen LogP contribution in [-0.4, -0.2) is 28.8 Å². The van der Waals surface area contributed by atoms with Gasteiger partial charge in [-0.3, -0.25) is 0 Å². The van der Waals surface area contributed by atoms with Gasteiger partial charge in [-0.1, -0.05) is 0 Å². The average Bonchev–Trinajstić information content (AvgIpc) is 2.31. The quantitative estimate of drug-likeness (QED) is 0.839. The van der Waals surface area contributed by atoms with Crippen LogP contribution in [0.1, 0.15) is 59.3 Å². The molecule has 4 aliphatic rings. The first-order chi connectivity index (χ1) is 10.2. The van der Waals surface area contributed by atoms with Gasteiger partial charge in [0.05, 0.1) is 0 Å². The van der Waals surface area contributed by atoms with Crippen molar-refractivity contribution in [3.05, 3.63) is 0 Å². The molecular weight excluding hydrogens is 282 g/mol. The highest BCUT2D eigenvalue weighted by Crippen LogP contribution is 2.61. The molecule has 4 rings (SSSR count). The maximum absolute atomic E-state index is 12.1. The Balaban J connectivity index is 1.77. The average molecular weight is 309 g/mol. The first-order valence-corrected chi connectivity index (χ1v) is 8.39. The lowest BCUT2D eigenvalue weighted by Crippen LogP contribution is -2.60. The summed E-state index contributed by atoms with van der Waals surface area (Å²) in [6, 6.07) is -0.823. The zero-order valence-corrected chi connectivity index (χ0v) is 13.7. The zero-order chi connectivity index (χ0) is 16.1. The number of carbonyl (C=O) groups excluding carboxylic acids is 1. The minimum Gasteiger partial charge on any atom is -0.480 e. The summed E-state index contributed by atoms with van der Waals surface area (Å²) >= 11 is 0. The summed E-state index contributed by atoms with van der Waals surface area (Å²) in [4.78, 5) is 23.9. The first kappa shape index (κ1) is 15.6. The number of carbonyl (C=O) groups is 2. The van der Waals surface area contributed by atoms with Gasteiger partial charge in [-0.25, -0.2) is 9.59 Å². The summed E-state index contributed by atoms with van der Waals surface area (Å²) in [5.74, 6) is 1.02. The van der Waals surface area contributed by atoms with Gasteiger partial charge in [-0.05, 0) is 77.0 Å². The Labute approximate surface area is 131 Å². The van der Waals surface area contributed by atoms with Crippen LogP contribution >= 0.6 is 0 Å². The van der Waals surface area contributed by atoms with E-state index in [2.05, 4.69) is 5.32 Å². The Morgan fingerprint density at radius 2 is 1.55 bits per heavy atom. The van der Waals surface area contributed by atoms with Crippen LogP contribution in [0.15, 0.2) is 0 Å². The van der Waals surface area contributed by atoms with Crippen LogP contribution in [0.25, 0.3) is 0 Å². The summed E-state index contributed by atoms with van der Waals surface area (Å²) in [6.07, 6.45) is 5.94. The SMILES string of the molecule is CC(C)(C)OC(=O)N[C@@H](C(=O)O)C12CC3CC(CC(C3)C1)C2. The first-order valence-electron chi connectivity index (χ1n) is 8.39.